The largest absolute Gasteiger partial charge is 0.383 e. The molecule has 0 aliphatic rings. The Morgan fingerprint density at radius 2 is 1.81 bits per heavy atom. The Kier molecular flexibility index (Phi) is 5.71. The van der Waals surface area contributed by atoms with Crippen molar-refractivity contribution in [2.75, 3.05) is 16.6 Å². The van der Waals surface area contributed by atoms with Gasteiger partial charge in [0.2, 0.25) is 0 Å². The van der Waals surface area contributed by atoms with E-state index in [4.69, 9.17) is 0 Å². The van der Waals surface area contributed by atoms with Crippen LogP contribution in [-0.2, 0) is 16.4 Å². The van der Waals surface area contributed by atoms with Crippen molar-refractivity contribution in [1.29, 1.82) is 0 Å². The standard InChI is InChI=1S/C20H20FN3O2S/c1-15-13-18(8-9-19(15)21)27(25,26)24-20-10-7-17(14-23-20)22-12-11-16-5-3-2-4-6-16/h2-10,13-14,22H,11-12H2,1H3,(H,23,24). The maximum Gasteiger partial charge on any atom is 0.263 e. The molecule has 140 valence electrons. The van der Waals surface area contributed by atoms with Crippen molar-refractivity contribution in [3.63, 3.8) is 0 Å². The van der Waals surface area contributed by atoms with E-state index in [1.807, 2.05) is 18.2 Å². The molecule has 0 fully saturated rings. The molecule has 1 aromatic heterocycles. The van der Waals surface area contributed by atoms with Gasteiger partial charge in [0.15, 0.2) is 0 Å². The second-order valence-corrected chi connectivity index (χ2v) is 7.79. The number of pyridine rings is 1. The van der Waals surface area contributed by atoms with Crippen LogP contribution in [0.4, 0.5) is 15.9 Å². The number of hydrogen-bond donors (Lipinski definition) is 2. The van der Waals surface area contributed by atoms with Crippen molar-refractivity contribution in [3.8, 4) is 0 Å². The number of sulfonamides is 1. The van der Waals surface area contributed by atoms with E-state index in [-0.39, 0.29) is 16.3 Å². The second-order valence-electron chi connectivity index (χ2n) is 6.11. The highest BCUT2D eigenvalue weighted by Crippen LogP contribution is 2.18. The van der Waals surface area contributed by atoms with Crippen molar-refractivity contribution < 1.29 is 12.8 Å². The molecule has 0 saturated heterocycles. The molecule has 0 aliphatic carbocycles. The highest BCUT2D eigenvalue weighted by Gasteiger charge is 2.16. The summed E-state index contributed by atoms with van der Waals surface area (Å²) in [7, 11) is -3.82. The number of anilines is 2. The highest BCUT2D eigenvalue weighted by molar-refractivity contribution is 7.92. The zero-order valence-corrected chi connectivity index (χ0v) is 15.6. The van der Waals surface area contributed by atoms with Crippen LogP contribution in [0.1, 0.15) is 11.1 Å². The summed E-state index contributed by atoms with van der Waals surface area (Å²) >= 11 is 0. The minimum Gasteiger partial charge on any atom is -0.383 e. The SMILES string of the molecule is Cc1cc(S(=O)(=O)Nc2ccc(NCCc3ccccc3)cn2)ccc1F. The Morgan fingerprint density at radius 1 is 1.04 bits per heavy atom. The van der Waals surface area contributed by atoms with E-state index in [0.717, 1.165) is 24.7 Å². The molecule has 0 unspecified atom stereocenters. The third-order valence-electron chi connectivity index (χ3n) is 4.03. The van der Waals surface area contributed by atoms with E-state index < -0.39 is 15.8 Å². The number of aromatic nitrogens is 1. The molecule has 2 aromatic carbocycles. The summed E-state index contributed by atoms with van der Waals surface area (Å²) < 4.78 is 40.5. The third-order valence-corrected chi connectivity index (χ3v) is 5.38. The van der Waals surface area contributed by atoms with Gasteiger partial charge >= 0.3 is 0 Å². The average Bonchev–Trinajstić information content (AvgIpc) is 2.66. The normalized spacial score (nSPS) is 11.2. The van der Waals surface area contributed by atoms with Crippen molar-refractivity contribution in [3.05, 3.63) is 83.8 Å². The highest BCUT2D eigenvalue weighted by atomic mass is 32.2. The Bertz CT molecular complexity index is 1010. The number of aryl methyl sites for hydroxylation is 1. The van der Waals surface area contributed by atoms with Gasteiger partial charge in [0.05, 0.1) is 16.8 Å². The van der Waals surface area contributed by atoms with Crippen molar-refractivity contribution in [2.45, 2.75) is 18.2 Å². The summed E-state index contributed by atoms with van der Waals surface area (Å²) in [5.41, 5.74) is 2.30. The maximum atomic E-state index is 13.3. The van der Waals surface area contributed by atoms with Crippen LogP contribution in [0.3, 0.4) is 0 Å². The lowest BCUT2D eigenvalue weighted by molar-refractivity contribution is 0.598. The van der Waals surface area contributed by atoms with E-state index in [2.05, 4.69) is 27.2 Å². The number of halogens is 1. The number of benzene rings is 2. The summed E-state index contributed by atoms with van der Waals surface area (Å²) in [6.45, 7) is 2.26. The predicted molar refractivity (Wildman–Crippen MR) is 105 cm³/mol. The van der Waals surface area contributed by atoms with Crippen molar-refractivity contribution >= 4 is 21.5 Å². The van der Waals surface area contributed by atoms with Gasteiger partial charge in [-0.2, -0.15) is 0 Å². The van der Waals surface area contributed by atoms with Gasteiger partial charge in [0.25, 0.3) is 10.0 Å². The van der Waals surface area contributed by atoms with Crippen LogP contribution in [-0.4, -0.2) is 19.9 Å². The number of nitrogens with zero attached hydrogens (tertiary/aromatic N) is 1. The van der Waals surface area contributed by atoms with Crippen LogP contribution >= 0.6 is 0 Å². The number of hydrogen-bond acceptors (Lipinski definition) is 4. The van der Waals surface area contributed by atoms with E-state index in [1.54, 1.807) is 18.3 Å². The molecule has 1 heterocycles. The fraction of sp³-hybridized carbons (Fsp3) is 0.150. The first-order valence-electron chi connectivity index (χ1n) is 8.47. The first-order valence-corrected chi connectivity index (χ1v) is 9.95. The lowest BCUT2D eigenvalue weighted by Crippen LogP contribution is -2.14. The second kappa shape index (κ2) is 8.18. The van der Waals surface area contributed by atoms with Gasteiger partial charge in [0, 0.05) is 6.54 Å². The van der Waals surface area contributed by atoms with Gasteiger partial charge in [-0.25, -0.2) is 17.8 Å². The number of rotatable bonds is 7. The lowest BCUT2D eigenvalue weighted by Gasteiger charge is -2.10. The van der Waals surface area contributed by atoms with Crippen LogP contribution < -0.4 is 10.0 Å². The predicted octanol–water partition coefficient (Wildman–Crippen LogP) is 3.98. The summed E-state index contributed by atoms with van der Waals surface area (Å²) in [6.07, 6.45) is 2.44. The molecular formula is C20H20FN3O2S. The summed E-state index contributed by atoms with van der Waals surface area (Å²) in [5, 5.41) is 3.25. The van der Waals surface area contributed by atoms with Gasteiger partial charge in [-0.1, -0.05) is 30.3 Å². The van der Waals surface area contributed by atoms with Crippen molar-refractivity contribution in [2.24, 2.45) is 0 Å². The first kappa shape index (κ1) is 18.8. The van der Waals surface area contributed by atoms with Gasteiger partial charge in [0.1, 0.15) is 11.6 Å². The molecule has 3 rings (SSSR count). The summed E-state index contributed by atoms with van der Waals surface area (Å²) in [6, 6.07) is 17.1. The lowest BCUT2D eigenvalue weighted by atomic mass is 10.1. The molecule has 0 radical (unpaired) electrons. The Hall–Kier alpha value is -2.93. The average molecular weight is 385 g/mol. The summed E-state index contributed by atoms with van der Waals surface area (Å²) in [5.74, 6) is -0.247. The molecule has 5 nitrogen and oxygen atoms in total. The van der Waals surface area contributed by atoms with Crippen LogP contribution in [0.2, 0.25) is 0 Å². The molecular weight excluding hydrogens is 365 g/mol. The summed E-state index contributed by atoms with van der Waals surface area (Å²) in [4.78, 5) is 4.12. The van der Waals surface area contributed by atoms with E-state index >= 15 is 0 Å². The molecule has 0 spiro atoms. The molecule has 27 heavy (non-hydrogen) atoms. The molecule has 0 saturated carbocycles. The van der Waals surface area contributed by atoms with E-state index in [1.165, 1.54) is 24.6 Å². The zero-order valence-electron chi connectivity index (χ0n) is 14.8. The molecule has 3 aromatic rings. The topological polar surface area (TPSA) is 71.1 Å². The quantitative estimate of drug-likeness (QED) is 0.645. The maximum absolute atomic E-state index is 13.3. The van der Waals surface area contributed by atoms with Crippen LogP contribution in [0.25, 0.3) is 0 Å². The van der Waals surface area contributed by atoms with Gasteiger partial charge in [-0.3, -0.25) is 4.72 Å². The Balaban J connectivity index is 1.60. The molecule has 2 N–H and O–H groups in total. The van der Waals surface area contributed by atoms with Crippen LogP contribution in [0.5, 0.6) is 0 Å². The van der Waals surface area contributed by atoms with E-state index in [0.29, 0.717) is 0 Å². The monoisotopic (exact) mass is 385 g/mol. The van der Waals surface area contributed by atoms with Crippen LogP contribution in [0, 0.1) is 12.7 Å². The molecule has 0 aliphatic heterocycles. The van der Waals surface area contributed by atoms with Crippen molar-refractivity contribution in [1.82, 2.24) is 4.98 Å². The smallest absolute Gasteiger partial charge is 0.263 e. The van der Waals surface area contributed by atoms with Gasteiger partial charge < -0.3 is 5.32 Å². The molecule has 7 heteroatoms. The minimum atomic E-state index is -3.82. The number of nitrogens with one attached hydrogen (secondary N) is 2. The first-order chi connectivity index (χ1) is 12.9. The molecule has 0 bridgehead atoms. The fourth-order valence-electron chi connectivity index (χ4n) is 2.54. The molecule has 0 amide bonds. The third kappa shape index (κ3) is 5.04. The fourth-order valence-corrected chi connectivity index (χ4v) is 3.63. The van der Waals surface area contributed by atoms with E-state index in [9.17, 15) is 12.8 Å². The Labute approximate surface area is 158 Å². The van der Waals surface area contributed by atoms with Gasteiger partial charge in [-0.15, -0.1) is 0 Å². The molecule has 0 atom stereocenters. The Morgan fingerprint density at radius 3 is 2.48 bits per heavy atom. The van der Waals surface area contributed by atoms with Crippen LogP contribution in [0.15, 0.2) is 71.8 Å². The zero-order chi connectivity index (χ0) is 19.3. The minimum absolute atomic E-state index is 0.00624. The van der Waals surface area contributed by atoms with Gasteiger partial charge in [-0.05, 0) is 54.8 Å².